The number of piperidine rings is 3. The monoisotopic (exact) mass is 282 g/mol. The van der Waals surface area contributed by atoms with Crippen molar-refractivity contribution in [2.45, 2.75) is 12.5 Å². The van der Waals surface area contributed by atoms with E-state index in [0.29, 0.717) is 23.6 Å². The Kier molecular flexibility index (Phi) is 2.28. The molecule has 6 rings (SSSR count). The molecule has 1 aromatic heterocycles. The average Bonchev–Trinajstić information content (AvgIpc) is 3.06. The molecule has 4 aliphatic heterocycles. The fourth-order valence-electron chi connectivity index (χ4n) is 4.60. The first-order valence-corrected chi connectivity index (χ1v) is 7.78. The van der Waals surface area contributed by atoms with Gasteiger partial charge < -0.3 is 9.80 Å². The van der Waals surface area contributed by atoms with Crippen LogP contribution in [0.3, 0.4) is 0 Å². The molecule has 0 radical (unpaired) electrons. The maximum atomic E-state index is 13.0. The van der Waals surface area contributed by atoms with Crippen molar-refractivity contribution in [3.8, 4) is 0 Å². The molecule has 4 atom stereocenters. The summed E-state index contributed by atoms with van der Waals surface area (Å²) in [4.78, 5) is 17.6. The standard InChI is InChI=1S/C16H18N4O/c21-16(15-12-3-1-2-4-13(12)17-18-15)20-8-10-7-19-6-5-11(10)14(20)9-19/h1-4,10-11,14H,5-9H2,(H,17,18)/t10-,11-,14-/m1/s1. The molecule has 4 bridgehead atoms. The van der Waals surface area contributed by atoms with Crippen molar-refractivity contribution < 1.29 is 4.79 Å². The number of nitrogens with zero attached hydrogens (tertiary/aromatic N) is 3. The van der Waals surface area contributed by atoms with Crippen LogP contribution in [0, 0.1) is 11.8 Å². The van der Waals surface area contributed by atoms with Gasteiger partial charge in [0.2, 0.25) is 0 Å². The van der Waals surface area contributed by atoms with Crippen molar-refractivity contribution in [1.29, 1.82) is 0 Å². The molecule has 108 valence electrons. The fraction of sp³-hybridized carbons (Fsp3) is 0.500. The number of nitrogens with one attached hydrogen (secondary N) is 1. The van der Waals surface area contributed by atoms with Gasteiger partial charge in [0.1, 0.15) is 0 Å². The third-order valence-corrected chi connectivity index (χ3v) is 5.58. The Balaban J connectivity index is 1.52. The van der Waals surface area contributed by atoms with Gasteiger partial charge in [-0.25, -0.2) is 0 Å². The van der Waals surface area contributed by atoms with Crippen LogP contribution in [0.25, 0.3) is 10.9 Å². The Hall–Kier alpha value is -1.88. The largest absolute Gasteiger partial charge is 0.332 e. The first kappa shape index (κ1) is 11.7. The highest BCUT2D eigenvalue weighted by atomic mass is 16.2. The minimum atomic E-state index is 0.105. The number of likely N-dealkylation sites (tertiary alicyclic amines) is 1. The lowest BCUT2D eigenvalue weighted by molar-refractivity contribution is 0.0420. The normalized spacial score (nSPS) is 33.8. The SMILES string of the molecule is O=C(c1n[nH]c2ccccc12)N1C[C@H]2CN3CC[C@H]2[C@H]1C3. The van der Waals surface area contributed by atoms with Gasteiger partial charge in [-0.1, -0.05) is 18.2 Å². The molecular formula is C16H18N4O. The predicted octanol–water partition coefficient (Wildman–Crippen LogP) is 1.34. The van der Waals surface area contributed by atoms with Gasteiger partial charge in [0, 0.05) is 31.1 Å². The number of benzene rings is 1. The van der Waals surface area contributed by atoms with E-state index in [4.69, 9.17) is 0 Å². The molecule has 4 aliphatic rings. The summed E-state index contributed by atoms with van der Waals surface area (Å²) in [6.07, 6.45) is 1.25. The van der Waals surface area contributed by atoms with E-state index in [1.165, 1.54) is 19.5 Å². The number of H-pyrrole nitrogens is 1. The molecule has 0 spiro atoms. The Morgan fingerprint density at radius 3 is 3.00 bits per heavy atom. The molecule has 1 unspecified atom stereocenters. The van der Waals surface area contributed by atoms with Crippen LogP contribution >= 0.6 is 0 Å². The van der Waals surface area contributed by atoms with Crippen molar-refractivity contribution in [2.24, 2.45) is 11.8 Å². The van der Waals surface area contributed by atoms with E-state index < -0.39 is 0 Å². The second-order valence-corrected chi connectivity index (χ2v) is 6.61. The quantitative estimate of drug-likeness (QED) is 0.859. The number of amides is 1. The number of aromatic nitrogens is 2. The molecule has 4 saturated heterocycles. The van der Waals surface area contributed by atoms with Gasteiger partial charge in [0.25, 0.3) is 5.91 Å². The molecule has 0 saturated carbocycles. The topological polar surface area (TPSA) is 52.2 Å². The lowest BCUT2D eigenvalue weighted by Gasteiger charge is -2.44. The van der Waals surface area contributed by atoms with E-state index in [0.717, 1.165) is 24.0 Å². The van der Waals surface area contributed by atoms with Crippen molar-refractivity contribution in [3.63, 3.8) is 0 Å². The second kappa shape index (κ2) is 4.07. The zero-order valence-electron chi connectivity index (χ0n) is 11.8. The molecule has 5 heterocycles. The van der Waals surface area contributed by atoms with Crippen molar-refractivity contribution >= 4 is 16.8 Å². The lowest BCUT2D eigenvalue weighted by atomic mass is 9.80. The molecular weight excluding hydrogens is 264 g/mol. The van der Waals surface area contributed by atoms with Crippen LogP contribution in [0.2, 0.25) is 0 Å². The van der Waals surface area contributed by atoms with Crippen LogP contribution < -0.4 is 0 Å². The summed E-state index contributed by atoms with van der Waals surface area (Å²) >= 11 is 0. The third kappa shape index (κ3) is 1.55. The maximum absolute atomic E-state index is 13.0. The number of aromatic amines is 1. The van der Waals surface area contributed by atoms with E-state index in [1.807, 2.05) is 24.3 Å². The number of para-hydroxylation sites is 1. The maximum Gasteiger partial charge on any atom is 0.275 e. The van der Waals surface area contributed by atoms with Crippen LogP contribution in [-0.2, 0) is 0 Å². The van der Waals surface area contributed by atoms with Gasteiger partial charge in [0.05, 0.1) is 5.52 Å². The van der Waals surface area contributed by atoms with E-state index in [1.54, 1.807) is 0 Å². The first-order chi connectivity index (χ1) is 10.3. The molecule has 5 heteroatoms. The van der Waals surface area contributed by atoms with Crippen molar-refractivity contribution in [1.82, 2.24) is 20.0 Å². The van der Waals surface area contributed by atoms with Gasteiger partial charge in [0.15, 0.2) is 5.69 Å². The van der Waals surface area contributed by atoms with Gasteiger partial charge in [-0.05, 0) is 30.9 Å². The summed E-state index contributed by atoms with van der Waals surface area (Å²) in [5, 5.41) is 8.20. The Morgan fingerprint density at radius 2 is 2.14 bits per heavy atom. The summed E-state index contributed by atoms with van der Waals surface area (Å²) in [5.41, 5.74) is 1.53. The molecule has 5 nitrogen and oxygen atoms in total. The van der Waals surface area contributed by atoms with Gasteiger partial charge in [-0.3, -0.25) is 9.89 Å². The minimum Gasteiger partial charge on any atom is -0.332 e. The number of fused-ring (bicyclic) bond motifs is 2. The molecule has 1 aromatic carbocycles. The summed E-state index contributed by atoms with van der Waals surface area (Å²) < 4.78 is 0. The number of hydrogen-bond acceptors (Lipinski definition) is 3. The number of hydrogen-bond donors (Lipinski definition) is 1. The molecule has 21 heavy (non-hydrogen) atoms. The van der Waals surface area contributed by atoms with E-state index in [-0.39, 0.29) is 5.91 Å². The zero-order chi connectivity index (χ0) is 14.0. The van der Waals surface area contributed by atoms with Gasteiger partial charge in [-0.2, -0.15) is 5.10 Å². The number of carbonyl (C=O) groups excluding carboxylic acids is 1. The summed E-state index contributed by atoms with van der Waals surface area (Å²) in [7, 11) is 0. The van der Waals surface area contributed by atoms with Gasteiger partial charge >= 0.3 is 0 Å². The van der Waals surface area contributed by atoms with Crippen molar-refractivity contribution in [3.05, 3.63) is 30.0 Å². The lowest BCUT2D eigenvalue weighted by Crippen LogP contribution is -2.54. The fourth-order valence-corrected chi connectivity index (χ4v) is 4.60. The zero-order valence-corrected chi connectivity index (χ0v) is 11.8. The second-order valence-electron chi connectivity index (χ2n) is 6.61. The predicted molar refractivity (Wildman–Crippen MR) is 79.0 cm³/mol. The molecule has 1 N–H and O–H groups in total. The number of rotatable bonds is 1. The summed E-state index contributed by atoms with van der Waals surface area (Å²) in [6, 6.07) is 8.27. The number of carbonyl (C=O) groups is 1. The van der Waals surface area contributed by atoms with Crippen LogP contribution in [0.5, 0.6) is 0 Å². The molecule has 0 aliphatic carbocycles. The average molecular weight is 282 g/mol. The smallest absolute Gasteiger partial charge is 0.275 e. The Labute approximate surface area is 122 Å². The highest BCUT2D eigenvalue weighted by Gasteiger charge is 2.51. The van der Waals surface area contributed by atoms with Crippen LogP contribution in [0.15, 0.2) is 24.3 Å². The van der Waals surface area contributed by atoms with E-state index in [9.17, 15) is 4.79 Å². The summed E-state index contributed by atoms with van der Waals surface area (Å²) in [5.74, 6) is 1.49. The highest BCUT2D eigenvalue weighted by Crippen LogP contribution is 2.42. The first-order valence-electron chi connectivity index (χ1n) is 7.78. The minimum absolute atomic E-state index is 0.105. The third-order valence-electron chi connectivity index (χ3n) is 5.58. The molecule has 1 amide bonds. The van der Waals surface area contributed by atoms with Crippen LogP contribution in [0.1, 0.15) is 16.9 Å². The van der Waals surface area contributed by atoms with E-state index >= 15 is 0 Å². The van der Waals surface area contributed by atoms with Crippen LogP contribution in [-0.4, -0.2) is 58.1 Å². The van der Waals surface area contributed by atoms with Gasteiger partial charge in [-0.15, -0.1) is 0 Å². The molecule has 2 aromatic rings. The Morgan fingerprint density at radius 1 is 1.24 bits per heavy atom. The van der Waals surface area contributed by atoms with E-state index in [2.05, 4.69) is 20.0 Å². The highest BCUT2D eigenvalue weighted by molar-refractivity contribution is 6.04. The van der Waals surface area contributed by atoms with Crippen molar-refractivity contribution in [2.75, 3.05) is 26.2 Å². The molecule has 4 fully saturated rings. The summed E-state index contributed by atoms with van der Waals surface area (Å²) in [6.45, 7) is 4.35. The Bertz CT molecular complexity index is 724. The van der Waals surface area contributed by atoms with Crippen LogP contribution in [0.4, 0.5) is 0 Å².